The molecule has 4 heterocycles. The molecule has 1 aliphatic carbocycles. The zero-order valence-corrected chi connectivity index (χ0v) is 16.5. The van der Waals surface area contributed by atoms with Gasteiger partial charge in [-0.3, -0.25) is 4.90 Å². The van der Waals surface area contributed by atoms with Crippen molar-refractivity contribution >= 4 is 17.2 Å². The molecule has 0 radical (unpaired) electrons. The number of likely N-dealkylation sites (tertiary alicyclic amines) is 1. The van der Waals surface area contributed by atoms with E-state index in [1.165, 1.54) is 35.8 Å². The third kappa shape index (κ3) is 3.25. The minimum absolute atomic E-state index is 0.453. The van der Waals surface area contributed by atoms with Crippen molar-refractivity contribution in [1.29, 1.82) is 0 Å². The van der Waals surface area contributed by atoms with Gasteiger partial charge in [0.1, 0.15) is 12.1 Å². The Labute approximate surface area is 159 Å². The van der Waals surface area contributed by atoms with E-state index in [-0.39, 0.29) is 0 Å². The quantitative estimate of drug-likeness (QED) is 0.807. The van der Waals surface area contributed by atoms with Gasteiger partial charge in [0.2, 0.25) is 0 Å². The summed E-state index contributed by atoms with van der Waals surface area (Å²) in [4.78, 5) is 20.1. The molecule has 6 heteroatoms. The van der Waals surface area contributed by atoms with Gasteiger partial charge in [-0.2, -0.15) is 0 Å². The molecule has 138 valence electrons. The highest BCUT2D eigenvalue weighted by Crippen LogP contribution is 2.42. The Balaban J connectivity index is 1.20. The highest BCUT2D eigenvalue weighted by Gasteiger charge is 2.40. The Morgan fingerprint density at radius 1 is 1.08 bits per heavy atom. The molecular weight excluding hydrogens is 342 g/mol. The van der Waals surface area contributed by atoms with E-state index in [9.17, 15) is 0 Å². The van der Waals surface area contributed by atoms with Crippen LogP contribution >= 0.6 is 11.3 Å². The maximum Gasteiger partial charge on any atom is 0.132 e. The molecule has 3 fully saturated rings. The molecule has 2 saturated heterocycles. The Kier molecular flexibility index (Phi) is 4.20. The third-order valence-corrected chi connectivity index (χ3v) is 7.17. The van der Waals surface area contributed by atoms with Gasteiger partial charge in [-0.15, -0.1) is 11.3 Å². The van der Waals surface area contributed by atoms with Crippen LogP contribution in [0.2, 0.25) is 0 Å². The average molecular weight is 370 g/mol. The van der Waals surface area contributed by atoms with E-state index in [0.29, 0.717) is 5.92 Å². The van der Waals surface area contributed by atoms with E-state index in [1.54, 1.807) is 6.33 Å². The Morgan fingerprint density at radius 2 is 1.85 bits per heavy atom. The molecule has 0 bridgehead atoms. The molecule has 5 rings (SSSR count). The molecule has 2 atom stereocenters. The molecule has 2 aromatic rings. The van der Waals surface area contributed by atoms with E-state index < -0.39 is 0 Å². The zero-order valence-electron chi connectivity index (χ0n) is 15.6. The Morgan fingerprint density at radius 3 is 2.54 bits per heavy atom. The van der Waals surface area contributed by atoms with Crippen LogP contribution in [-0.2, 0) is 6.54 Å². The average Bonchev–Trinajstić information content (AvgIpc) is 3.07. The minimum Gasteiger partial charge on any atom is -0.356 e. The van der Waals surface area contributed by atoms with Crippen molar-refractivity contribution in [2.24, 2.45) is 11.8 Å². The summed E-state index contributed by atoms with van der Waals surface area (Å²) in [5, 5.41) is 1.37. The third-order valence-electron chi connectivity index (χ3n) is 6.03. The van der Waals surface area contributed by atoms with Crippen LogP contribution in [0.3, 0.4) is 0 Å². The monoisotopic (exact) mass is 369 g/mol. The molecular formula is C20H27N5S. The van der Waals surface area contributed by atoms with Crippen molar-refractivity contribution < 1.29 is 0 Å². The first-order valence-electron chi connectivity index (χ1n) is 9.89. The SMILES string of the molecule is CC(C)c1cc(N2CC3CN(Cc4cnc(C5CC5)s4)CC3C2)ncn1. The van der Waals surface area contributed by atoms with Gasteiger partial charge in [0.15, 0.2) is 0 Å². The topological polar surface area (TPSA) is 45.2 Å². The van der Waals surface area contributed by atoms with Gasteiger partial charge in [-0.25, -0.2) is 15.0 Å². The summed E-state index contributed by atoms with van der Waals surface area (Å²) in [7, 11) is 0. The fourth-order valence-electron chi connectivity index (χ4n) is 4.39. The van der Waals surface area contributed by atoms with Crippen molar-refractivity contribution in [3.8, 4) is 0 Å². The van der Waals surface area contributed by atoms with E-state index in [0.717, 1.165) is 48.9 Å². The molecule has 0 N–H and O–H groups in total. The lowest BCUT2D eigenvalue weighted by Gasteiger charge is -2.22. The summed E-state index contributed by atoms with van der Waals surface area (Å²) in [6.07, 6.45) is 6.54. The Bertz CT molecular complexity index is 770. The number of hydrogen-bond donors (Lipinski definition) is 0. The first kappa shape index (κ1) is 16.6. The van der Waals surface area contributed by atoms with Gasteiger partial charge < -0.3 is 4.90 Å². The molecule has 2 unspecified atom stereocenters. The molecule has 1 saturated carbocycles. The van der Waals surface area contributed by atoms with Crippen molar-refractivity contribution in [2.45, 2.75) is 45.1 Å². The van der Waals surface area contributed by atoms with Crippen LogP contribution in [0.15, 0.2) is 18.6 Å². The van der Waals surface area contributed by atoms with E-state index in [2.05, 4.69) is 50.9 Å². The van der Waals surface area contributed by atoms with Gasteiger partial charge >= 0.3 is 0 Å². The van der Waals surface area contributed by atoms with Crippen LogP contribution < -0.4 is 4.90 Å². The number of fused-ring (bicyclic) bond motifs is 1. The van der Waals surface area contributed by atoms with Crippen molar-refractivity contribution in [1.82, 2.24) is 19.9 Å². The number of rotatable bonds is 5. The molecule has 2 aliphatic heterocycles. The zero-order chi connectivity index (χ0) is 17.7. The van der Waals surface area contributed by atoms with Crippen molar-refractivity contribution in [3.63, 3.8) is 0 Å². The minimum atomic E-state index is 0.453. The van der Waals surface area contributed by atoms with Gasteiger partial charge in [-0.05, 0) is 30.6 Å². The van der Waals surface area contributed by atoms with Crippen molar-refractivity contribution in [2.75, 3.05) is 31.1 Å². The summed E-state index contributed by atoms with van der Waals surface area (Å²) in [6.45, 7) is 10.1. The summed E-state index contributed by atoms with van der Waals surface area (Å²) in [6, 6.07) is 2.18. The van der Waals surface area contributed by atoms with E-state index in [4.69, 9.17) is 0 Å². The fraction of sp³-hybridized carbons (Fsp3) is 0.650. The lowest BCUT2D eigenvalue weighted by molar-refractivity contribution is 0.311. The summed E-state index contributed by atoms with van der Waals surface area (Å²) < 4.78 is 0. The van der Waals surface area contributed by atoms with Crippen LogP contribution in [0.5, 0.6) is 0 Å². The summed E-state index contributed by atoms with van der Waals surface area (Å²) in [5.74, 6) is 3.88. The van der Waals surface area contributed by atoms with Gasteiger partial charge in [0, 0.05) is 61.5 Å². The normalized spacial score (nSPS) is 26.0. The van der Waals surface area contributed by atoms with Gasteiger partial charge in [0.25, 0.3) is 0 Å². The molecule has 0 amide bonds. The predicted molar refractivity (Wildman–Crippen MR) is 105 cm³/mol. The van der Waals surface area contributed by atoms with E-state index >= 15 is 0 Å². The second-order valence-corrected chi connectivity index (χ2v) is 9.66. The van der Waals surface area contributed by atoms with Crippen LogP contribution in [0, 0.1) is 11.8 Å². The van der Waals surface area contributed by atoms with Gasteiger partial charge in [-0.1, -0.05) is 13.8 Å². The summed E-state index contributed by atoms with van der Waals surface area (Å²) in [5.41, 5.74) is 1.14. The predicted octanol–water partition coefficient (Wildman–Crippen LogP) is 3.50. The Hall–Kier alpha value is -1.53. The first-order valence-corrected chi connectivity index (χ1v) is 10.7. The second-order valence-electron chi connectivity index (χ2n) is 8.51. The lowest BCUT2D eigenvalue weighted by Crippen LogP contribution is -2.29. The number of anilines is 1. The van der Waals surface area contributed by atoms with Crippen LogP contribution in [-0.4, -0.2) is 46.0 Å². The molecule has 0 aromatic carbocycles. The molecule has 2 aromatic heterocycles. The number of aromatic nitrogens is 3. The fourth-order valence-corrected chi connectivity index (χ4v) is 5.52. The van der Waals surface area contributed by atoms with Crippen LogP contribution in [0.1, 0.15) is 54.1 Å². The van der Waals surface area contributed by atoms with Crippen LogP contribution in [0.4, 0.5) is 5.82 Å². The number of hydrogen-bond acceptors (Lipinski definition) is 6. The number of nitrogens with zero attached hydrogens (tertiary/aromatic N) is 5. The maximum absolute atomic E-state index is 4.64. The maximum atomic E-state index is 4.64. The molecule has 26 heavy (non-hydrogen) atoms. The largest absolute Gasteiger partial charge is 0.356 e. The highest BCUT2D eigenvalue weighted by molar-refractivity contribution is 7.11. The van der Waals surface area contributed by atoms with Crippen molar-refractivity contribution in [3.05, 3.63) is 34.2 Å². The molecule has 0 spiro atoms. The van der Waals surface area contributed by atoms with Gasteiger partial charge in [0.05, 0.1) is 5.01 Å². The lowest BCUT2D eigenvalue weighted by atomic mass is 10.0. The molecule has 5 nitrogen and oxygen atoms in total. The standard InChI is InChI=1S/C20H27N5S/c1-13(2)18-5-19(23-12-22-18)25-9-15-7-24(8-16(15)10-25)11-17-6-21-20(26-17)14-3-4-14/h5-6,12-16H,3-4,7-11H2,1-2H3. The molecule has 3 aliphatic rings. The summed E-state index contributed by atoms with van der Waals surface area (Å²) >= 11 is 1.94. The van der Waals surface area contributed by atoms with Crippen LogP contribution in [0.25, 0.3) is 0 Å². The second kappa shape index (κ2) is 6.57. The first-order chi connectivity index (χ1) is 12.7. The number of thiazole rings is 1. The highest BCUT2D eigenvalue weighted by atomic mass is 32.1. The smallest absolute Gasteiger partial charge is 0.132 e. The van der Waals surface area contributed by atoms with E-state index in [1.807, 2.05) is 11.3 Å².